The number of likely N-dealkylation sites (tertiary alicyclic amines) is 1. The van der Waals surface area contributed by atoms with Crippen molar-refractivity contribution in [2.24, 2.45) is 0 Å². The Labute approximate surface area is 177 Å². The maximum Gasteiger partial charge on any atom is 0.313 e. The molecule has 2 nitrogen and oxygen atoms in total. The molecule has 166 valence electrons. The lowest BCUT2D eigenvalue weighted by Crippen LogP contribution is -2.53. The Kier molecular flexibility index (Phi) is 16.0. The van der Waals surface area contributed by atoms with Crippen LogP contribution >= 0.6 is 0 Å². The number of nitrogens with zero attached hydrogens (tertiary/aromatic N) is 1. The number of carbonyl (C=O) groups excluding carboxylic acids is 1. The Morgan fingerprint density at radius 1 is 0.571 bits per heavy atom. The van der Waals surface area contributed by atoms with Gasteiger partial charge in [0.2, 0.25) is 0 Å². The van der Waals surface area contributed by atoms with Crippen LogP contribution in [0.2, 0.25) is 0 Å². The third-order valence-corrected chi connectivity index (χ3v) is 6.89. The van der Waals surface area contributed by atoms with Crippen molar-refractivity contribution in [3.8, 4) is 0 Å². The molecule has 0 aromatic carbocycles. The average molecular weight is 395 g/mol. The van der Waals surface area contributed by atoms with Gasteiger partial charge in [-0.1, -0.05) is 90.9 Å². The Balaban J connectivity index is 2.28. The molecule has 0 unspecified atom stereocenters. The van der Waals surface area contributed by atoms with Crippen LogP contribution in [0.15, 0.2) is 0 Å². The second kappa shape index (κ2) is 17.5. The smallest absolute Gasteiger partial charge is 0.261 e. The zero-order valence-corrected chi connectivity index (χ0v) is 19.6. The van der Waals surface area contributed by atoms with E-state index in [0.717, 1.165) is 37.0 Å². The molecular weight excluding hydrogens is 342 g/mol. The van der Waals surface area contributed by atoms with Gasteiger partial charge in [0, 0.05) is 0 Å². The lowest BCUT2D eigenvalue weighted by atomic mass is 10.1. The molecular formula is C26H52NO+. The van der Waals surface area contributed by atoms with E-state index in [1.54, 1.807) is 0 Å². The third-order valence-electron chi connectivity index (χ3n) is 6.89. The molecule has 28 heavy (non-hydrogen) atoms. The zero-order chi connectivity index (χ0) is 20.3. The van der Waals surface area contributed by atoms with Gasteiger partial charge in [-0.05, 0) is 44.9 Å². The molecule has 1 saturated heterocycles. The van der Waals surface area contributed by atoms with E-state index in [1.807, 2.05) is 0 Å². The van der Waals surface area contributed by atoms with Gasteiger partial charge in [0.05, 0.1) is 26.1 Å². The normalized spacial score (nSPS) is 17.0. The lowest BCUT2D eigenvalue weighted by Gasteiger charge is -2.35. The van der Waals surface area contributed by atoms with Crippen molar-refractivity contribution in [2.45, 2.75) is 142 Å². The highest BCUT2D eigenvalue weighted by molar-refractivity contribution is 5.69. The van der Waals surface area contributed by atoms with Crippen molar-refractivity contribution < 1.29 is 9.28 Å². The molecule has 0 radical (unpaired) electrons. The molecule has 1 amide bonds. The maximum absolute atomic E-state index is 13.0. The number of rotatable bonds is 18. The molecule has 0 aromatic rings. The van der Waals surface area contributed by atoms with E-state index >= 15 is 0 Å². The van der Waals surface area contributed by atoms with Crippen LogP contribution < -0.4 is 0 Å². The molecule has 1 rings (SSSR count). The fourth-order valence-corrected chi connectivity index (χ4v) is 4.91. The second-order valence-corrected chi connectivity index (χ2v) is 9.47. The van der Waals surface area contributed by atoms with E-state index in [-0.39, 0.29) is 0 Å². The molecule has 0 N–H and O–H groups in total. The molecule has 1 aliphatic heterocycles. The summed E-state index contributed by atoms with van der Waals surface area (Å²) in [6, 6.07) is 0. The van der Waals surface area contributed by atoms with Crippen LogP contribution in [0.3, 0.4) is 0 Å². The van der Waals surface area contributed by atoms with Crippen LogP contribution in [0.4, 0.5) is 0 Å². The van der Waals surface area contributed by atoms with Gasteiger partial charge in [0.25, 0.3) is 0 Å². The topological polar surface area (TPSA) is 17.1 Å². The monoisotopic (exact) mass is 394 g/mol. The van der Waals surface area contributed by atoms with Gasteiger partial charge in [0.15, 0.2) is 0 Å². The second-order valence-electron chi connectivity index (χ2n) is 9.47. The maximum atomic E-state index is 13.0. The first-order valence-electron chi connectivity index (χ1n) is 13.1. The fraction of sp³-hybridized carbons (Fsp3) is 0.962. The minimum absolute atomic E-state index is 0.573. The average Bonchev–Trinajstić information content (AvgIpc) is 2.88. The molecule has 0 saturated carbocycles. The summed E-state index contributed by atoms with van der Waals surface area (Å²) in [5, 5.41) is 0. The summed E-state index contributed by atoms with van der Waals surface area (Å²) in [7, 11) is 0. The summed E-state index contributed by atoms with van der Waals surface area (Å²) in [6.07, 6.45) is 26.3. The van der Waals surface area contributed by atoms with Crippen molar-refractivity contribution in [1.29, 1.82) is 0 Å². The van der Waals surface area contributed by atoms with Gasteiger partial charge in [-0.15, -0.1) is 0 Å². The largest absolute Gasteiger partial charge is 0.313 e. The van der Waals surface area contributed by atoms with Crippen molar-refractivity contribution in [3.63, 3.8) is 0 Å². The molecule has 1 aliphatic rings. The van der Waals surface area contributed by atoms with Crippen LogP contribution in [-0.4, -0.2) is 30.0 Å². The van der Waals surface area contributed by atoms with Crippen molar-refractivity contribution in [1.82, 2.24) is 0 Å². The number of hydrogen-bond donors (Lipinski definition) is 0. The highest BCUT2D eigenvalue weighted by Crippen LogP contribution is 2.23. The Hall–Kier alpha value is -0.370. The van der Waals surface area contributed by atoms with Crippen LogP contribution in [-0.2, 0) is 4.79 Å². The van der Waals surface area contributed by atoms with E-state index < -0.39 is 0 Å². The minimum Gasteiger partial charge on any atom is -0.261 e. The van der Waals surface area contributed by atoms with Gasteiger partial charge in [-0.3, -0.25) is 4.48 Å². The molecule has 0 aromatic heterocycles. The van der Waals surface area contributed by atoms with E-state index in [0.29, 0.717) is 5.91 Å². The van der Waals surface area contributed by atoms with Crippen LogP contribution in [0.1, 0.15) is 142 Å². The molecule has 0 bridgehead atoms. The van der Waals surface area contributed by atoms with Gasteiger partial charge in [-0.2, -0.15) is 0 Å². The fourth-order valence-electron chi connectivity index (χ4n) is 4.91. The van der Waals surface area contributed by atoms with Crippen LogP contribution in [0, 0.1) is 0 Å². The number of hydrogen-bond acceptors (Lipinski definition) is 1. The SMILES string of the molecule is CCCCCCCCCC[N+]1(CCCCCCCCCC)CCCCCC1=O. The highest BCUT2D eigenvalue weighted by Gasteiger charge is 2.36. The molecule has 2 heteroatoms. The Morgan fingerprint density at radius 3 is 1.46 bits per heavy atom. The summed E-state index contributed by atoms with van der Waals surface area (Å²) < 4.78 is 0.839. The summed E-state index contributed by atoms with van der Waals surface area (Å²) in [4.78, 5) is 13.0. The number of carbonyl (C=O) groups is 1. The summed E-state index contributed by atoms with van der Waals surface area (Å²) >= 11 is 0. The Morgan fingerprint density at radius 2 is 1.00 bits per heavy atom. The van der Waals surface area contributed by atoms with Gasteiger partial charge >= 0.3 is 5.91 Å². The minimum atomic E-state index is 0.573. The first-order valence-corrected chi connectivity index (χ1v) is 13.1. The lowest BCUT2D eigenvalue weighted by molar-refractivity contribution is -0.855. The molecule has 0 aliphatic carbocycles. The van der Waals surface area contributed by atoms with E-state index in [1.165, 1.54) is 116 Å². The predicted octanol–water partition coefficient (Wildman–Crippen LogP) is 8.19. The number of amides is 1. The molecule has 0 spiro atoms. The quantitative estimate of drug-likeness (QED) is 0.169. The standard InChI is InChI=1S/C26H52NO/c1-3-5-7-9-11-13-15-19-23-27(25-21-17-18-22-26(27)28)24-20-16-14-12-10-8-6-4-2/h3-25H2,1-2H3/q+1. The van der Waals surface area contributed by atoms with E-state index in [2.05, 4.69) is 13.8 Å². The first-order chi connectivity index (χ1) is 13.7. The van der Waals surface area contributed by atoms with Gasteiger partial charge in [-0.25, -0.2) is 4.79 Å². The van der Waals surface area contributed by atoms with E-state index in [4.69, 9.17) is 0 Å². The van der Waals surface area contributed by atoms with Crippen molar-refractivity contribution in [2.75, 3.05) is 19.6 Å². The van der Waals surface area contributed by atoms with E-state index in [9.17, 15) is 4.79 Å². The van der Waals surface area contributed by atoms with Gasteiger partial charge in [0.1, 0.15) is 0 Å². The number of unbranched alkanes of at least 4 members (excludes halogenated alkanes) is 14. The third kappa shape index (κ3) is 11.6. The Bertz CT molecular complexity index is 345. The van der Waals surface area contributed by atoms with Crippen LogP contribution in [0.25, 0.3) is 0 Å². The summed E-state index contributed by atoms with van der Waals surface area (Å²) in [5.41, 5.74) is 0. The number of quaternary nitrogens is 1. The van der Waals surface area contributed by atoms with Gasteiger partial charge < -0.3 is 0 Å². The highest BCUT2D eigenvalue weighted by atomic mass is 16.2. The van der Waals surface area contributed by atoms with Crippen LogP contribution in [0.5, 0.6) is 0 Å². The van der Waals surface area contributed by atoms with Crippen molar-refractivity contribution >= 4 is 5.91 Å². The molecule has 1 heterocycles. The molecule has 0 atom stereocenters. The summed E-state index contributed by atoms with van der Waals surface area (Å²) in [5.74, 6) is 0.573. The summed E-state index contributed by atoms with van der Waals surface area (Å²) in [6.45, 7) is 7.96. The zero-order valence-electron chi connectivity index (χ0n) is 19.6. The molecule has 1 fully saturated rings. The van der Waals surface area contributed by atoms with Crippen molar-refractivity contribution in [3.05, 3.63) is 0 Å². The predicted molar refractivity (Wildman–Crippen MR) is 124 cm³/mol. The first kappa shape index (κ1) is 25.7.